The Balaban J connectivity index is 1.72. The van der Waals surface area contributed by atoms with E-state index in [-0.39, 0.29) is 17.8 Å². The third-order valence-corrected chi connectivity index (χ3v) is 5.45. The minimum absolute atomic E-state index is 0.00264. The number of carbonyl (C=O) groups excluding carboxylic acids is 1. The Kier molecular flexibility index (Phi) is 5.41. The lowest BCUT2D eigenvalue weighted by atomic mass is 9.99. The summed E-state index contributed by atoms with van der Waals surface area (Å²) >= 11 is 0. The molecule has 7 heteroatoms. The second kappa shape index (κ2) is 7.99. The van der Waals surface area contributed by atoms with Crippen LogP contribution >= 0.6 is 0 Å². The van der Waals surface area contributed by atoms with E-state index in [1.165, 1.54) is 0 Å². The van der Waals surface area contributed by atoms with E-state index in [1.807, 2.05) is 18.2 Å². The fraction of sp³-hybridized carbons (Fsp3) is 0.409. The molecule has 2 aromatic rings. The van der Waals surface area contributed by atoms with Crippen molar-refractivity contribution in [3.63, 3.8) is 0 Å². The Bertz CT molecular complexity index is 890. The summed E-state index contributed by atoms with van der Waals surface area (Å²) in [4.78, 5) is 15.1. The maximum absolute atomic E-state index is 13.3. The van der Waals surface area contributed by atoms with Crippen LogP contribution in [0.4, 0.5) is 14.5 Å². The van der Waals surface area contributed by atoms with Gasteiger partial charge in [-0.3, -0.25) is 4.79 Å². The van der Waals surface area contributed by atoms with E-state index < -0.39 is 12.8 Å². The van der Waals surface area contributed by atoms with Crippen LogP contribution in [0.2, 0.25) is 0 Å². The van der Waals surface area contributed by atoms with Gasteiger partial charge in [-0.1, -0.05) is 12.1 Å². The van der Waals surface area contributed by atoms with Gasteiger partial charge in [0, 0.05) is 18.8 Å². The zero-order valence-corrected chi connectivity index (χ0v) is 16.5. The number of para-hydroxylation sites is 1. The molecular formula is C22H24F2N2O3. The van der Waals surface area contributed by atoms with E-state index in [4.69, 9.17) is 4.74 Å². The average Bonchev–Trinajstić information content (AvgIpc) is 3.20. The number of nitrogens with zero attached hydrogens (tertiary/aromatic N) is 1. The fourth-order valence-electron chi connectivity index (χ4n) is 4.17. The Morgan fingerprint density at radius 2 is 1.97 bits per heavy atom. The first-order valence-electron chi connectivity index (χ1n) is 9.78. The highest BCUT2D eigenvalue weighted by Gasteiger charge is 2.35. The number of aryl methyl sites for hydroxylation is 2. The summed E-state index contributed by atoms with van der Waals surface area (Å²) in [6, 6.07) is 11.0. The molecule has 0 radical (unpaired) electrons. The topological polar surface area (TPSA) is 50.8 Å². The highest BCUT2D eigenvalue weighted by molar-refractivity contribution is 6.01. The Morgan fingerprint density at radius 1 is 1.24 bits per heavy atom. The lowest BCUT2D eigenvalue weighted by Crippen LogP contribution is -2.46. The molecule has 2 heterocycles. The molecule has 0 bridgehead atoms. The van der Waals surface area contributed by atoms with Crippen molar-refractivity contribution in [1.29, 1.82) is 0 Å². The van der Waals surface area contributed by atoms with Crippen LogP contribution < -0.4 is 10.1 Å². The molecule has 29 heavy (non-hydrogen) atoms. The van der Waals surface area contributed by atoms with Gasteiger partial charge in [-0.25, -0.2) is 0 Å². The van der Waals surface area contributed by atoms with Gasteiger partial charge in [0.1, 0.15) is 11.9 Å². The largest absolute Gasteiger partial charge is 0.434 e. The minimum atomic E-state index is -2.88. The number of halogens is 2. The molecule has 1 N–H and O–H groups in total. The van der Waals surface area contributed by atoms with E-state index in [9.17, 15) is 13.6 Å². The van der Waals surface area contributed by atoms with Gasteiger partial charge in [0.2, 0.25) is 0 Å². The summed E-state index contributed by atoms with van der Waals surface area (Å²) < 4.78 is 35.9. The molecule has 0 spiro atoms. The monoisotopic (exact) mass is 402 g/mol. The van der Waals surface area contributed by atoms with E-state index in [1.54, 1.807) is 36.9 Å². The van der Waals surface area contributed by atoms with Gasteiger partial charge < -0.3 is 19.7 Å². The summed E-state index contributed by atoms with van der Waals surface area (Å²) in [6.45, 7) is 1.77. The molecule has 0 aromatic heterocycles. The number of rotatable bonds is 5. The normalized spacial score (nSPS) is 21.3. The van der Waals surface area contributed by atoms with Crippen molar-refractivity contribution in [2.45, 2.75) is 45.6 Å². The quantitative estimate of drug-likeness (QED) is 0.791. The predicted octanol–water partition coefficient (Wildman–Crippen LogP) is 4.65. The van der Waals surface area contributed by atoms with E-state index >= 15 is 0 Å². The zero-order chi connectivity index (χ0) is 20.5. The number of fused-ring (bicyclic) bond motifs is 1. The van der Waals surface area contributed by atoms with Gasteiger partial charge in [0.15, 0.2) is 0 Å². The molecule has 2 aromatic carbocycles. The van der Waals surface area contributed by atoms with Crippen molar-refractivity contribution in [1.82, 2.24) is 4.90 Å². The van der Waals surface area contributed by atoms with Crippen LogP contribution in [0.15, 0.2) is 36.4 Å². The maximum Gasteiger partial charge on any atom is 0.387 e. The van der Waals surface area contributed by atoms with E-state index in [0.717, 1.165) is 24.1 Å². The van der Waals surface area contributed by atoms with Crippen molar-refractivity contribution < 1.29 is 23.0 Å². The third-order valence-electron chi connectivity index (χ3n) is 5.45. The molecular weight excluding hydrogens is 378 g/mol. The number of alkyl halides is 2. The number of hydrogen-bond acceptors (Lipinski definition) is 4. The second-order valence-electron chi connectivity index (χ2n) is 7.55. The molecule has 0 saturated carbocycles. The number of amides is 1. The highest BCUT2D eigenvalue weighted by Crippen LogP contribution is 2.37. The first kappa shape index (κ1) is 19.6. The van der Waals surface area contributed by atoms with E-state index in [2.05, 4.69) is 10.1 Å². The standard InChI is InChI=1S/C22H24F2N2O3/c1-13-10-15(11-14(2)19(13)29-22(23)24)20-25-18-8-4-3-7-17(18)21(27)26(20)12-16-6-5-9-28-16/h3-4,7-8,10-11,16,20,22,25H,5-6,9,12H2,1-2H3. The van der Waals surface area contributed by atoms with Crippen LogP contribution in [-0.2, 0) is 4.74 Å². The smallest absolute Gasteiger partial charge is 0.387 e. The fourth-order valence-corrected chi connectivity index (χ4v) is 4.17. The second-order valence-corrected chi connectivity index (χ2v) is 7.55. The van der Waals surface area contributed by atoms with E-state index in [0.29, 0.717) is 29.8 Å². The van der Waals surface area contributed by atoms with Crippen LogP contribution in [0.5, 0.6) is 5.75 Å². The zero-order valence-electron chi connectivity index (χ0n) is 16.5. The number of ether oxygens (including phenoxy) is 2. The van der Waals surface area contributed by atoms with Gasteiger partial charge in [-0.15, -0.1) is 0 Å². The van der Waals surface area contributed by atoms with Crippen LogP contribution in [0.1, 0.15) is 46.1 Å². The summed E-state index contributed by atoms with van der Waals surface area (Å²) in [5.41, 5.74) is 3.40. The summed E-state index contributed by atoms with van der Waals surface area (Å²) in [6.07, 6.45) is 1.48. The van der Waals surface area contributed by atoms with Crippen LogP contribution in [-0.4, -0.2) is 36.7 Å². The van der Waals surface area contributed by atoms with Crippen molar-refractivity contribution >= 4 is 11.6 Å². The molecule has 2 aliphatic heterocycles. The summed E-state index contributed by atoms with van der Waals surface area (Å²) in [7, 11) is 0. The van der Waals surface area contributed by atoms with Crippen molar-refractivity contribution in [3.05, 3.63) is 58.7 Å². The number of hydrogen-bond donors (Lipinski definition) is 1. The number of nitrogens with one attached hydrogen (secondary N) is 1. The molecule has 1 amide bonds. The predicted molar refractivity (Wildman–Crippen MR) is 105 cm³/mol. The van der Waals surface area contributed by atoms with Crippen LogP contribution in [0.3, 0.4) is 0 Å². The lowest BCUT2D eigenvalue weighted by Gasteiger charge is -2.39. The van der Waals surface area contributed by atoms with Gasteiger partial charge in [-0.2, -0.15) is 8.78 Å². The Labute approximate surface area is 168 Å². The highest BCUT2D eigenvalue weighted by atomic mass is 19.3. The molecule has 2 unspecified atom stereocenters. The molecule has 4 rings (SSSR count). The number of benzene rings is 2. The first-order valence-corrected chi connectivity index (χ1v) is 9.78. The summed E-state index contributed by atoms with van der Waals surface area (Å²) in [5, 5.41) is 3.44. The minimum Gasteiger partial charge on any atom is -0.434 e. The van der Waals surface area contributed by atoms with Crippen molar-refractivity contribution in [3.8, 4) is 5.75 Å². The molecule has 154 valence electrons. The molecule has 0 aliphatic carbocycles. The maximum atomic E-state index is 13.3. The number of carbonyl (C=O) groups is 1. The molecule has 1 saturated heterocycles. The van der Waals surface area contributed by atoms with Gasteiger partial charge >= 0.3 is 6.61 Å². The Morgan fingerprint density at radius 3 is 2.62 bits per heavy atom. The average molecular weight is 402 g/mol. The van der Waals surface area contributed by atoms with Gasteiger partial charge in [0.05, 0.1) is 11.7 Å². The van der Waals surface area contributed by atoms with Crippen LogP contribution in [0.25, 0.3) is 0 Å². The van der Waals surface area contributed by atoms with Crippen LogP contribution in [0, 0.1) is 13.8 Å². The third kappa shape index (κ3) is 3.92. The molecule has 1 fully saturated rings. The first-order chi connectivity index (χ1) is 13.9. The SMILES string of the molecule is Cc1cc(C2Nc3ccccc3C(=O)N2CC2CCCO2)cc(C)c1OC(F)F. The van der Waals surface area contributed by atoms with Crippen molar-refractivity contribution in [2.75, 3.05) is 18.5 Å². The molecule has 5 nitrogen and oxygen atoms in total. The Hall–Kier alpha value is -2.67. The summed E-state index contributed by atoms with van der Waals surface area (Å²) in [5.74, 6) is 0.111. The molecule has 2 aliphatic rings. The lowest BCUT2D eigenvalue weighted by molar-refractivity contribution is -0.0507. The van der Waals surface area contributed by atoms with Crippen molar-refractivity contribution in [2.24, 2.45) is 0 Å². The molecule has 2 atom stereocenters. The van der Waals surface area contributed by atoms with Gasteiger partial charge in [0.25, 0.3) is 5.91 Å². The number of anilines is 1. The van der Waals surface area contributed by atoms with Gasteiger partial charge in [-0.05, 0) is 67.6 Å².